The highest BCUT2D eigenvalue weighted by Crippen LogP contribution is 2.33. The van der Waals surface area contributed by atoms with Crippen molar-refractivity contribution in [3.8, 4) is 0 Å². The summed E-state index contributed by atoms with van der Waals surface area (Å²) in [7, 11) is 0. The first-order chi connectivity index (χ1) is 7.97. The summed E-state index contributed by atoms with van der Waals surface area (Å²) in [6.07, 6.45) is 0.953. The Bertz CT molecular complexity index is 460. The third-order valence-corrected chi connectivity index (χ3v) is 2.87. The molecule has 1 aromatic carbocycles. The maximum atomic E-state index is 11.4. The van der Waals surface area contributed by atoms with Crippen molar-refractivity contribution in [2.75, 3.05) is 5.32 Å². The molecule has 0 atom stereocenters. The van der Waals surface area contributed by atoms with Crippen LogP contribution in [-0.4, -0.2) is 17.0 Å². The molecule has 0 radical (unpaired) electrons. The molecule has 2 N–H and O–H groups in total. The number of carboxylic acids is 1. The van der Waals surface area contributed by atoms with Crippen LogP contribution in [0, 0.1) is 0 Å². The Morgan fingerprint density at radius 2 is 2.00 bits per heavy atom. The van der Waals surface area contributed by atoms with Crippen LogP contribution in [0.15, 0.2) is 12.1 Å². The molecule has 1 rings (SSSR count). The predicted molar refractivity (Wildman–Crippen MR) is 67.0 cm³/mol. The number of hydrogen-bond donors (Lipinski definition) is 2. The highest BCUT2D eigenvalue weighted by Gasteiger charge is 2.17. The molecule has 0 spiro atoms. The lowest BCUT2D eigenvalue weighted by Crippen LogP contribution is -2.14. The Balaban J connectivity index is 3.14. The van der Waals surface area contributed by atoms with E-state index in [4.69, 9.17) is 28.3 Å². The van der Waals surface area contributed by atoms with E-state index in [2.05, 4.69) is 5.32 Å². The topological polar surface area (TPSA) is 66.4 Å². The van der Waals surface area contributed by atoms with Gasteiger partial charge in [0.1, 0.15) is 0 Å². The van der Waals surface area contributed by atoms with Crippen LogP contribution in [0.1, 0.15) is 30.1 Å². The molecule has 0 heterocycles. The summed E-state index contributed by atoms with van der Waals surface area (Å²) in [6.45, 7) is 1.84. The minimum atomic E-state index is -1.17. The van der Waals surface area contributed by atoms with Crippen molar-refractivity contribution in [3.05, 3.63) is 27.7 Å². The first-order valence-electron chi connectivity index (χ1n) is 4.98. The molecule has 0 unspecified atom stereocenters. The van der Waals surface area contributed by atoms with E-state index in [9.17, 15) is 9.59 Å². The maximum absolute atomic E-state index is 11.4. The van der Waals surface area contributed by atoms with Crippen LogP contribution in [0.25, 0.3) is 0 Å². The average Bonchev–Trinajstić information content (AvgIpc) is 2.25. The van der Waals surface area contributed by atoms with Crippen molar-refractivity contribution < 1.29 is 14.7 Å². The monoisotopic (exact) mass is 275 g/mol. The standard InChI is InChI=1S/C11H11Cl2NO3/c1-2-3-8(15)14-10-6(11(16)17)4-5-7(12)9(10)13/h4-5H,2-3H2,1H3,(H,14,15)(H,16,17). The fourth-order valence-corrected chi connectivity index (χ4v) is 1.65. The molecular weight excluding hydrogens is 265 g/mol. The third kappa shape index (κ3) is 3.35. The summed E-state index contributed by atoms with van der Waals surface area (Å²) in [5.74, 6) is -1.46. The fraction of sp³-hybridized carbons (Fsp3) is 0.273. The highest BCUT2D eigenvalue weighted by atomic mass is 35.5. The Morgan fingerprint density at radius 3 is 2.53 bits per heavy atom. The van der Waals surface area contributed by atoms with E-state index in [1.54, 1.807) is 0 Å². The van der Waals surface area contributed by atoms with E-state index in [0.29, 0.717) is 12.8 Å². The number of carbonyl (C=O) groups is 2. The van der Waals surface area contributed by atoms with Crippen molar-refractivity contribution in [3.63, 3.8) is 0 Å². The lowest BCUT2D eigenvalue weighted by molar-refractivity contribution is -0.116. The zero-order valence-corrected chi connectivity index (χ0v) is 10.6. The van der Waals surface area contributed by atoms with Gasteiger partial charge in [-0.15, -0.1) is 0 Å². The number of halogens is 2. The van der Waals surface area contributed by atoms with Crippen molar-refractivity contribution in [2.24, 2.45) is 0 Å². The number of nitrogens with one attached hydrogen (secondary N) is 1. The van der Waals surface area contributed by atoms with Crippen LogP contribution >= 0.6 is 23.2 Å². The number of anilines is 1. The second-order valence-electron chi connectivity index (χ2n) is 3.39. The zero-order valence-electron chi connectivity index (χ0n) is 9.09. The molecule has 92 valence electrons. The Morgan fingerprint density at radius 1 is 1.35 bits per heavy atom. The number of hydrogen-bond acceptors (Lipinski definition) is 2. The van der Waals surface area contributed by atoms with Crippen LogP contribution in [0.2, 0.25) is 10.0 Å². The smallest absolute Gasteiger partial charge is 0.337 e. The van der Waals surface area contributed by atoms with Gasteiger partial charge >= 0.3 is 5.97 Å². The van der Waals surface area contributed by atoms with Gasteiger partial charge in [0.15, 0.2) is 0 Å². The fourth-order valence-electron chi connectivity index (χ4n) is 1.28. The van der Waals surface area contributed by atoms with Crippen molar-refractivity contribution in [2.45, 2.75) is 19.8 Å². The van der Waals surface area contributed by atoms with E-state index in [1.165, 1.54) is 12.1 Å². The summed E-state index contributed by atoms with van der Waals surface area (Å²) in [5.41, 5.74) is -0.0334. The number of amides is 1. The summed E-state index contributed by atoms with van der Waals surface area (Å²) >= 11 is 11.7. The van der Waals surface area contributed by atoms with Gasteiger partial charge in [0.05, 0.1) is 21.3 Å². The SMILES string of the molecule is CCCC(=O)Nc1c(C(=O)O)ccc(Cl)c1Cl. The molecule has 0 saturated heterocycles. The highest BCUT2D eigenvalue weighted by molar-refractivity contribution is 6.44. The largest absolute Gasteiger partial charge is 0.478 e. The summed E-state index contributed by atoms with van der Waals surface area (Å²) in [5, 5.41) is 11.7. The summed E-state index contributed by atoms with van der Waals surface area (Å²) in [6, 6.07) is 2.68. The minimum Gasteiger partial charge on any atom is -0.478 e. The molecule has 6 heteroatoms. The molecule has 0 fully saturated rings. The Hall–Kier alpha value is -1.26. The molecule has 1 amide bonds. The molecule has 0 aliphatic heterocycles. The second kappa shape index (κ2) is 5.89. The number of benzene rings is 1. The number of aromatic carboxylic acids is 1. The van der Waals surface area contributed by atoms with E-state index < -0.39 is 5.97 Å². The van der Waals surface area contributed by atoms with E-state index in [1.807, 2.05) is 6.92 Å². The number of rotatable bonds is 4. The van der Waals surface area contributed by atoms with Crippen molar-refractivity contribution in [1.29, 1.82) is 0 Å². The van der Waals surface area contributed by atoms with Gasteiger partial charge < -0.3 is 10.4 Å². The van der Waals surface area contributed by atoms with E-state index in [-0.39, 0.29) is 27.2 Å². The first-order valence-corrected chi connectivity index (χ1v) is 5.74. The van der Waals surface area contributed by atoms with Crippen LogP contribution in [-0.2, 0) is 4.79 Å². The third-order valence-electron chi connectivity index (χ3n) is 2.07. The second-order valence-corrected chi connectivity index (χ2v) is 4.17. The van der Waals surface area contributed by atoms with Crippen LogP contribution in [0.4, 0.5) is 5.69 Å². The molecule has 0 saturated carbocycles. The Labute approximate surface area is 109 Å². The summed E-state index contributed by atoms with van der Waals surface area (Å²) in [4.78, 5) is 22.4. The van der Waals surface area contributed by atoms with Crippen LogP contribution in [0.3, 0.4) is 0 Å². The first kappa shape index (κ1) is 13.8. The molecule has 17 heavy (non-hydrogen) atoms. The van der Waals surface area contributed by atoms with Gasteiger partial charge in [-0.3, -0.25) is 4.79 Å². The number of carboxylic acid groups (broad SMARTS) is 1. The molecular formula is C11H11Cl2NO3. The van der Waals surface area contributed by atoms with Gasteiger partial charge in [-0.2, -0.15) is 0 Å². The molecule has 0 bridgehead atoms. The lowest BCUT2D eigenvalue weighted by Gasteiger charge is -2.11. The minimum absolute atomic E-state index is 0.0380. The molecule has 4 nitrogen and oxygen atoms in total. The molecule has 0 aromatic heterocycles. The van der Waals surface area contributed by atoms with Gasteiger partial charge in [0, 0.05) is 6.42 Å². The van der Waals surface area contributed by atoms with Gasteiger partial charge in [0.2, 0.25) is 5.91 Å². The van der Waals surface area contributed by atoms with Gasteiger partial charge in [-0.25, -0.2) is 4.79 Å². The zero-order chi connectivity index (χ0) is 13.0. The van der Waals surface area contributed by atoms with Crippen molar-refractivity contribution >= 4 is 40.8 Å². The average molecular weight is 276 g/mol. The Kier molecular flexibility index (Phi) is 4.78. The normalized spacial score (nSPS) is 10.1. The van der Waals surface area contributed by atoms with Gasteiger partial charge in [0.25, 0.3) is 0 Å². The number of carbonyl (C=O) groups excluding carboxylic acids is 1. The van der Waals surface area contributed by atoms with E-state index in [0.717, 1.165) is 0 Å². The maximum Gasteiger partial charge on any atom is 0.337 e. The van der Waals surface area contributed by atoms with Crippen LogP contribution < -0.4 is 5.32 Å². The quantitative estimate of drug-likeness (QED) is 0.885. The van der Waals surface area contributed by atoms with E-state index >= 15 is 0 Å². The van der Waals surface area contributed by atoms with Crippen molar-refractivity contribution in [1.82, 2.24) is 0 Å². The molecule has 1 aromatic rings. The summed E-state index contributed by atoms with van der Waals surface area (Å²) < 4.78 is 0. The molecule has 0 aliphatic carbocycles. The predicted octanol–water partition coefficient (Wildman–Crippen LogP) is 3.43. The van der Waals surface area contributed by atoms with Gasteiger partial charge in [-0.05, 0) is 18.6 Å². The molecule has 0 aliphatic rings. The van der Waals surface area contributed by atoms with Gasteiger partial charge in [-0.1, -0.05) is 30.1 Å². The lowest BCUT2D eigenvalue weighted by atomic mass is 10.1. The van der Waals surface area contributed by atoms with Crippen LogP contribution in [0.5, 0.6) is 0 Å².